The van der Waals surface area contributed by atoms with Gasteiger partial charge in [0.05, 0.1) is 11.5 Å². The minimum atomic E-state index is -2.76. The van der Waals surface area contributed by atoms with Crippen molar-refractivity contribution in [2.45, 2.75) is 26.8 Å². The van der Waals surface area contributed by atoms with Crippen molar-refractivity contribution in [3.05, 3.63) is 11.1 Å². The van der Waals surface area contributed by atoms with Gasteiger partial charge in [0.2, 0.25) is 0 Å². The summed E-state index contributed by atoms with van der Waals surface area (Å²) in [5.41, 5.74) is 0. The Kier molecular flexibility index (Phi) is 5.40. The predicted octanol–water partition coefficient (Wildman–Crippen LogP) is 1.51. The van der Waals surface area contributed by atoms with Crippen LogP contribution in [0, 0.1) is 5.92 Å². The van der Waals surface area contributed by atoms with Crippen molar-refractivity contribution >= 4 is 26.3 Å². The second kappa shape index (κ2) is 6.87. The first kappa shape index (κ1) is 15.7. The summed E-state index contributed by atoms with van der Waals surface area (Å²) >= 11 is 1.71. The molecule has 1 fully saturated rings. The minimum absolute atomic E-state index is 0.273. The summed E-state index contributed by atoms with van der Waals surface area (Å²) in [6, 6.07) is 0. The molecule has 1 N–H and O–H groups in total. The minimum Gasteiger partial charge on any atom is -0.349 e. The van der Waals surface area contributed by atoms with Gasteiger partial charge in [-0.05, 0) is 32.7 Å². The molecule has 5 nitrogen and oxygen atoms in total. The Bertz CT molecular complexity index is 523. The zero-order valence-electron chi connectivity index (χ0n) is 12.1. The zero-order chi connectivity index (χ0) is 14.6. The van der Waals surface area contributed by atoms with Crippen LogP contribution in [0.2, 0.25) is 0 Å². The normalized spacial score (nSPS) is 21.2. The van der Waals surface area contributed by atoms with Crippen LogP contribution in [0.25, 0.3) is 0 Å². The monoisotopic (exact) mass is 317 g/mol. The van der Waals surface area contributed by atoms with E-state index in [1.165, 1.54) is 4.88 Å². The van der Waals surface area contributed by atoms with Gasteiger partial charge in [0.25, 0.3) is 0 Å². The molecule has 0 aliphatic carbocycles. The summed E-state index contributed by atoms with van der Waals surface area (Å²) in [5.74, 6) is 0.967. The second-order valence-corrected chi connectivity index (χ2v) is 8.50. The summed E-state index contributed by atoms with van der Waals surface area (Å²) in [5, 5.41) is 4.42. The summed E-state index contributed by atoms with van der Waals surface area (Å²) in [6.45, 7) is 7.74. The molecular formula is C13H23N3O2S2. The molecule has 0 aromatic carbocycles. The van der Waals surface area contributed by atoms with Gasteiger partial charge in [-0.25, -0.2) is 13.4 Å². The topological polar surface area (TPSA) is 62.3 Å². The number of hydrogen-bond donors (Lipinski definition) is 1. The van der Waals surface area contributed by atoms with Crippen molar-refractivity contribution in [1.82, 2.24) is 10.3 Å². The Morgan fingerprint density at radius 3 is 2.80 bits per heavy atom. The van der Waals surface area contributed by atoms with E-state index in [-0.39, 0.29) is 5.92 Å². The molecule has 114 valence electrons. The Labute approximate surface area is 125 Å². The second-order valence-electron chi connectivity index (χ2n) is 5.18. The number of nitrogens with one attached hydrogen (secondary N) is 1. The first-order chi connectivity index (χ1) is 9.54. The SMILES string of the molecule is CCN(CC)c1ncc(CNCC2CCS(=O)(=O)C2)s1. The molecule has 1 atom stereocenters. The number of hydrogen-bond acceptors (Lipinski definition) is 6. The molecule has 7 heteroatoms. The molecule has 1 aliphatic rings. The van der Waals surface area contributed by atoms with Crippen LogP contribution in [-0.4, -0.2) is 44.5 Å². The molecule has 0 amide bonds. The lowest BCUT2D eigenvalue weighted by Gasteiger charge is -2.16. The first-order valence-corrected chi connectivity index (χ1v) is 9.78. The molecule has 1 saturated heterocycles. The van der Waals surface area contributed by atoms with E-state index in [2.05, 4.69) is 29.0 Å². The molecule has 1 aromatic heterocycles. The highest BCUT2D eigenvalue weighted by atomic mass is 32.2. The van der Waals surface area contributed by atoms with Crippen molar-refractivity contribution in [1.29, 1.82) is 0 Å². The Hall–Kier alpha value is -0.660. The fraction of sp³-hybridized carbons (Fsp3) is 0.769. The zero-order valence-corrected chi connectivity index (χ0v) is 13.8. The average Bonchev–Trinajstić information content (AvgIpc) is 2.98. The average molecular weight is 317 g/mol. The van der Waals surface area contributed by atoms with Gasteiger partial charge in [0, 0.05) is 30.7 Å². The van der Waals surface area contributed by atoms with Gasteiger partial charge in [-0.15, -0.1) is 11.3 Å². The summed E-state index contributed by atoms with van der Waals surface area (Å²) in [6.07, 6.45) is 2.71. The molecule has 2 rings (SSSR count). The van der Waals surface area contributed by atoms with Crippen LogP contribution in [0.4, 0.5) is 5.13 Å². The lowest BCUT2D eigenvalue weighted by atomic mass is 10.1. The maximum Gasteiger partial charge on any atom is 0.185 e. The van der Waals surface area contributed by atoms with Gasteiger partial charge in [-0.1, -0.05) is 0 Å². The van der Waals surface area contributed by atoms with Crippen molar-refractivity contribution in [3.63, 3.8) is 0 Å². The fourth-order valence-electron chi connectivity index (χ4n) is 2.45. The Morgan fingerprint density at radius 2 is 2.20 bits per heavy atom. The number of rotatable bonds is 7. The number of aromatic nitrogens is 1. The van der Waals surface area contributed by atoms with Crippen molar-refractivity contribution in [2.75, 3.05) is 36.0 Å². The maximum absolute atomic E-state index is 11.4. The van der Waals surface area contributed by atoms with Crippen LogP contribution < -0.4 is 10.2 Å². The van der Waals surface area contributed by atoms with Crippen molar-refractivity contribution in [3.8, 4) is 0 Å². The van der Waals surface area contributed by atoms with Crippen LogP contribution in [0.5, 0.6) is 0 Å². The Balaban J connectivity index is 1.77. The van der Waals surface area contributed by atoms with E-state index in [0.717, 1.165) is 37.7 Å². The molecule has 2 heterocycles. The highest BCUT2D eigenvalue weighted by Crippen LogP contribution is 2.22. The van der Waals surface area contributed by atoms with Crippen LogP contribution >= 0.6 is 11.3 Å². The quantitative estimate of drug-likeness (QED) is 0.826. The third-order valence-corrected chi connectivity index (χ3v) is 6.53. The molecule has 0 bridgehead atoms. The molecule has 0 saturated carbocycles. The molecule has 0 radical (unpaired) electrons. The van der Waals surface area contributed by atoms with Gasteiger partial charge >= 0.3 is 0 Å². The number of sulfone groups is 1. The number of thiazole rings is 1. The molecule has 20 heavy (non-hydrogen) atoms. The standard InChI is InChI=1S/C13H23N3O2S2/c1-3-16(4-2)13-15-9-12(19-13)8-14-7-11-5-6-20(17,18)10-11/h9,11,14H,3-8,10H2,1-2H3. The molecular weight excluding hydrogens is 294 g/mol. The Morgan fingerprint density at radius 1 is 1.45 bits per heavy atom. The summed E-state index contributed by atoms with van der Waals surface area (Å²) < 4.78 is 22.8. The number of anilines is 1. The van der Waals surface area contributed by atoms with E-state index in [4.69, 9.17) is 0 Å². The van der Waals surface area contributed by atoms with Crippen LogP contribution in [0.3, 0.4) is 0 Å². The van der Waals surface area contributed by atoms with Crippen LogP contribution in [0.15, 0.2) is 6.20 Å². The van der Waals surface area contributed by atoms with Gasteiger partial charge in [-0.2, -0.15) is 0 Å². The van der Waals surface area contributed by atoms with Crippen molar-refractivity contribution in [2.24, 2.45) is 5.92 Å². The van der Waals surface area contributed by atoms with Gasteiger partial charge in [-0.3, -0.25) is 0 Å². The molecule has 0 spiro atoms. The number of nitrogens with zero attached hydrogens (tertiary/aromatic N) is 2. The fourth-order valence-corrected chi connectivity index (χ4v) is 5.32. The molecule has 1 aliphatic heterocycles. The highest BCUT2D eigenvalue weighted by molar-refractivity contribution is 7.91. The van der Waals surface area contributed by atoms with Gasteiger partial charge in [0.1, 0.15) is 0 Å². The summed E-state index contributed by atoms with van der Waals surface area (Å²) in [7, 11) is -2.76. The van der Waals surface area contributed by atoms with Gasteiger partial charge < -0.3 is 10.2 Å². The van der Waals surface area contributed by atoms with E-state index in [1.807, 2.05) is 6.20 Å². The molecule has 1 unspecified atom stereocenters. The maximum atomic E-state index is 11.4. The van der Waals surface area contributed by atoms with E-state index in [0.29, 0.717) is 11.5 Å². The largest absolute Gasteiger partial charge is 0.349 e. The lowest BCUT2D eigenvalue weighted by Crippen LogP contribution is -2.23. The van der Waals surface area contributed by atoms with Crippen LogP contribution in [-0.2, 0) is 16.4 Å². The van der Waals surface area contributed by atoms with Gasteiger partial charge in [0.15, 0.2) is 15.0 Å². The van der Waals surface area contributed by atoms with E-state index >= 15 is 0 Å². The first-order valence-electron chi connectivity index (χ1n) is 7.15. The highest BCUT2D eigenvalue weighted by Gasteiger charge is 2.27. The van der Waals surface area contributed by atoms with E-state index in [1.54, 1.807) is 11.3 Å². The smallest absolute Gasteiger partial charge is 0.185 e. The van der Waals surface area contributed by atoms with Crippen LogP contribution in [0.1, 0.15) is 25.1 Å². The van der Waals surface area contributed by atoms with Crippen molar-refractivity contribution < 1.29 is 8.42 Å². The predicted molar refractivity (Wildman–Crippen MR) is 84.1 cm³/mol. The summed E-state index contributed by atoms with van der Waals surface area (Å²) in [4.78, 5) is 7.88. The molecule has 1 aromatic rings. The third-order valence-electron chi connectivity index (χ3n) is 3.63. The lowest BCUT2D eigenvalue weighted by molar-refractivity contribution is 0.522. The van der Waals surface area contributed by atoms with E-state index in [9.17, 15) is 8.42 Å². The van der Waals surface area contributed by atoms with E-state index < -0.39 is 9.84 Å². The third kappa shape index (κ3) is 4.17.